The minimum Gasteiger partial charge on any atom is -0.495 e. The summed E-state index contributed by atoms with van der Waals surface area (Å²) in [5, 5.41) is 6.85. The van der Waals surface area contributed by atoms with Crippen LogP contribution in [0.15, 0.2) is 58.2 Å². The van der Waals surface area contributed by atoms with E-state index in [4.69, 9.17) is 9.57 Å². The van der Waals surface area contributed by atoms with E-state index < -0.39 is 6.10 Å². The van der Waals surface area contributed by atoms with Gasteiger partial charge >= 0.3 is 0 Å². The molecule has 0 saturated heterocycles. The molecule has 0 bridgehead atoms. The molecule has 2 aromatic carbocycles. The molecular formula is C17H15BrN2O3. The summed E-state index contributed by atoms with van der Waals surface area (Å²) in [6, 6.07) is 15.0. The van der Waals surface area contributed by atoms with Crippen LogP contribution in [-0.4, -0.2) is 24.8 Å². The lowest BCUT2D eigenvalue weighted by Crippen LogP contribution is -2.28. The lowest BCUT2D eigenvalue weighted by molar-refractivity contribution is -0.125. The molecule has 0 aliphatic carbocycles. The molecule has 0 fully saturated rings. The van der Waals surface area contributed by atoms with Gasteiger partial charge in [-0.1, -0.05) is 45.4 Å². The van der Waals surface area contributed by atoms with Crippen molar-refractivity contribution in [2.45, 2.75) is 12.5 Å². The number of nitrogens with zero attached hydrogens (tertiary/aromatic N) is 1. The lowest BCUT2D eigenvalue weighted by atomic mass is 10.0. The van der Waals surface area contributed by atoms with Gasteiger partial charge in [-0.2, -0.15) is 0 Å². The van der Waals surface area contributed by atoms with Crippen LogP contribution < -0.4 is 10.1 Å². The summed E-state index contributed by atoms with van der Waals surface area (Å²) in [4.78, 5) is 17.6. The summed E-state index contributed by atoms with van der Waals surface area (Å²) in [5.74, 6) is 0.357. The van der Waals surface area contributed by atoms with Gasteiger partial charge in [0.25, 0.3) is 5.91 Å². The molecule has 1 aliphatic rings. The van der Waals surface area contributed by atoms with Crippen LogP contribution >= 0.6 is 15.9 Å². The van der Waals surface area contributed by atoms with Gasteiger partial charge in [0, 0.05) is 16.5 Å². The summed E-state index contributed by atoms with van der Waals surface area (Å²) < 4.78 is 6.18. The maximum absolute atomic E-state index is 12.4. The lowest BCUT2D eigenvalue weighted by Gasteiger charge is -2.12. The number of carbonyl (C=O) groups excluding carboxylic acids is 1. The third-order valence-corrected chi connectivity index (χ3v) is 3.98. The van der Waals surface area contributed by atoms with Gasteiger partial charge in [0.2, 0.25) is 6.10 Å². The number of anilines is 1. The van der Waals surface area contributed by atoms with Crippen LogP contribution in [0, 0.1) is 0 Å². The van der Waals surface area contributed by atoms with Gasteiger partial charge in [0.1, 0.15) is 5.75 Å². The third kappa shape index (κ3) is 3.53. The fraction of sp³-hybridized carbons (Fsp3) is 0.176. The first-order valence-electron chi connectivity index (χ1n) is 7.10. The first-order chi connectivity index (χ1) is 11.2. The maximum Gasteiger partial charge on any atom is 0.268 e. The predicted octanol–water partition coefficient (Wildman–Crippen LogP) is 3.59. The van der Waals surface area contributed by atoms with Crippen molar-refractivity contribution in [2.24, 2.45) is 5.16 Å². The fourth-order valence-corrected chi connectivity index (χ4v) is 2.72. The zero-order chi connectivity index (χ0) is 16.2. The van der Waals surface area contributed by atoms with Crippen molar-refractivity contribution >= 4 is 33.2 Å². The average molecular weight is 375 g/mol. The number of methoxy groups -OCH3 is 1. The van der Waals surface area contributed by atoms with E-state index >= 15 is 0 Å². The number of carbonyl (C=O) groups is 1. The number of benzene rings is 2. The van der Waals surface area contributed by atoms with E-state index in [2.05, 4.69) is 26.4 Å². The van der Waals surface area contributed by atoms with Crippen molar-refractivity contribution in [3.63, 3.8) is 0 Å². The van der Waals surface area contributed by atoms with Crippen molar-refractivity contribution in [1.29, 1.82) is 0 Å². The Balaban J connectivity index is 1.67. The zero-order valence-corrected chi connectivity index (χ0v) is 14.0. The Kier molecular flexibility index (Phi) is 4.62. The Bertz CT molecular complexity index is 761. The Labute approximate surface area is 142 Å². The standard InChI is InChI=1S/C17H15BrN2O3/c1-22-15-8-3-2-7-13(15)19-17(21)16-10-14(20-23-16)11-5-4-6-12(18)9-11/h2-9,16H,10H2,1H3,(H,19,21). The molecule has 5 nitrogen and oxygen atoms in total. The van der Waals surface area contributed by atoms with Gasteiger partial charge in [-0.05, 0) is 24.3 Å². The highest BCUT2D eigenvalue weighted by atomic mass is 79.9. The van der Waals surface area contributed by atoms with Gasteiger partial charge in [0.05, 0.1) is 18.5 Å². The highest BCUT2D eigenvalue weighted by Crippen LogP contribution is 2.25. The van der Waals surface area contributed by atoms with Gasteiger partial charge in [-0.3, -0.25) is 4.79 Å². The molecular weight excluding hydrogens is 360 g/mol. The van der Waals surface area contributed by atoms with Crippen LogP contribution in [0.5, 0.6) is 5.75 Å². The Morgan fingerprint density at radius 3 is 2.91 bits per heavy atom. The van der Waals surface area contributed by atoms with E-state index in [-0.39, 0.29) is 5.91 Å². The molecule has 118 valence electrons. The second kappa shape index (κ2) is 6.83. The van der Waals surface area contributed by atoms with Gasteiger partial charge in [-0.25, -0.2) is 0 Å². The van der Waals surface area contributed by atoms with Crippen molar-refractivity contribution in [3.05, 3.63) is 58.6 Å². The average Bonchev–Trinajstić information content (AvgIpc) is 3.05. The SMILES string of the molecule is COc1ccccc1NC(=O)C1CC(c2cccc(Br)c2)=NO1. The molecule has 6 heteroatoms. The van der Waals surface area contributed by atoms with Crippen LogP contribution in [0.3, 0.4) is 0 Å². The second-order valence-electron chi connectivity index (χ2n) is 5.04. The molecule has 0 spiro atoms. The number of halogens is 1. The molecule has 1 aliphatic heterocycles. The molecule has 2 aromatic rings. The molecule has 0 radical (unpaired) electrons. The van der Waals surface area contributed by atoms with Crippen LogP contribution in [0.4, 0.5) is 5.69 Å². The normalized spacial score (nSPS) is 16.4. The molecule has 23 heavy (non-hydrogen) atoms. The molecule has 0 saturated carbocycles. The number of hydrogen-bond acceptors (Lipinski definition) is 4. The fourth-order valence-electron chi connectivity index (χ4n) is 2.32. The smallest absolute Gasteiger partial charge is 0.268 e. The number of oxime groups is 1. The van der Waals surface area contributed by atoms with Crippen molar-refractivity contribution in [1.82, 2.24) is 0 Å². The molecule has 0 aromatic heterocycles. The van der Waals surface area contributed by atoms with Crippen molar-refractivity contribution in [2.75, 3.05) is 12.4 Å². The Hall–Kier alpha value is -2.34. The van der Waals surface area contributed by atoms with Gasteiger partial charge in [-0.15, -0.1) is 0 Å². The summed E-state index contributed by atoms with van der Waals surface area (Å²) in [5.41, 5.74) is 2.30. The minimum atomic E-state index is -0.645. The molecule has 1 atom stereocenters. The highest BCUT2D eigenvalue weighted by Gasteiger charge is 2.29. The number of rotatable bonds is 4. The van der Waals surface area contributed by atoms with Crippen LogP contribution in [0.2, 0.25) is 0 Å². The van der Waals surface area contributed by atoms with Crippen molar-refractivity contribution in [3.8, 4) is 5.75 Å². The number of ether oxygens (including phenoxy) is 1. The first-order valence-corrected chi connectivity index (χ1v) is 7.89. The molecule has 1 amide bonds. The van der Waals surface area contributed by atoms with Gasteiger partial charge < -0.3 is 14.9 Å². The van der Waals surface area contributed by atoms with E-state index in [0.29, 0.717) is 17.9 Å². The summed E-state index contributed by atoms with van der Waals surface area (Å²) >= 11 is 3.42. The van der Waals surface area contributed by atoms with E-state index in [1.165, 1.54) is 0 Å². The molecule has 1 heterocycles. The number of amides is 1. The number of para-hydroxylation sites is 2. The van der Waals surface area contributed by atoms with E-state index in [9.17, 15) is 4.79 Å². The van der Waals surface area contributed by atoms with Gasteiger partial charge in [0.15, 0.2) is 0 Å². The Morgan fingerprint density at radius 2 is 2.13 bits per heavy atom. The highest BCUT2D eigenvalue weighted by molar-refractivity contribution is 9.10. The zero-order valence-electron chi connectivity index (χ0n) is 12.5. The van der Waals surface area contributed by atoms with Crippen LogP contribution in [0.1, 0.15) is 12.0 Å². The van der Waals surface area contributed by atoms with Crippen molar-refractivity contribution < 1.29 is 14.4 Å². The molecule has 3 rings (SSSR count). The summed E-state index contributed by atoms with van der Waals surface area (Å²) in [6.07, 6.45) is -0.217. The number of hydrogen-bond donors (Lipinski definition) is 1. The summed E-state index contributed by atoms with van der Waals surface area (Å²) in [7, 11) is 1.56. The monoisotopic (exact) mass is 374 g/mol. The van der Waals surface area contributed by atoms with Crippen LogP contribution in [-0.2, 0) is 9.63 Å². The second-order valence-corrected chi connectivity index (χ2v) is 5.95. The van der Waals surface area contributed by atoms with E-state index in [1.807, 2.05) is 36.4 Å². The minimum absolute atomic E-state index is 0.247. The number of nitrogens with one attached hydrogen (secondary N) is 1. The van der Waals surface area contributed by atoms with Crippen LogP contribution in [0.25, 0.3) is 0 Å². The Morgan fingerprint density at radius 1 is 1.30 bits per heavy atom. The topological polar surface area (TPSA) is 59.9 Å². The molecule has 1 unspecified atom stereocenters. The van der Waals surface area contributed by atoms with E-state index in [0.717, 1.165) is 15.7 Å². The third-order valence-electron chi connectivity index (χ3n) is 3.48. The van der Waals surface area contributed by atoms with E-state index in [1.54, 1.807) is 19.2 Å². The maximum atomic E-state index is 12.4. The molecule has 1 N–H and O–H groups in total. The summed E-state index contributed by atoms with van der Waals surface area (Å²) in [6.45, 7) is 0. The predicted molar refractivity (Wildman–Crippen MR) is 91.8 cm³/mol. The quantitative estimate of drug-likeness (QED) is 0.889. The first kappa shape index (κ1) is 15.6. The largest absolute Gasteiger partial charge is 0.495 e.